The van der Waals surface area contributed by atoms with E-state index in [1.54, 1.807) is 12.4 Å². The Bertz CT molecular complexity index is 666. The largest absolute Gasteiger partial charge is 0.381 e. The number of hydrogen-bond donors (Lipinski definition) is 2. The summed E-state index contributed by atoms with van der Waals surface area (Å²) in [7, 11) is -3.63. The average molecular weight is 295 g/mol. The zero-order chi connectivity index (χ0) is 14.6. The van der Waals surface area contributed by atoms with Crippen LogP contribution in [0.4, 0.5) is 5.82 Å². The van der Waals surface area contributed by atoms with Crippen molar-refractivity contribution in [1.82, 2.24) is 19.5 Å². The minimum Gasteiger partial charge on any atom is -0.381 e. The number of nitrogens with two attached hydrogens (primary N) is 1. The van der Waals surface area contributed by atoms with E-state index >= 15 is 0 Å². The molecule has 0 fully saturated rings. The van der Waals surface area contributed by atoms with Crippen molar-refractivity contribution >= 4 is 15.8 Å². The van der Waals surface area contributed by atoms with Gasteiger partial charge in [0.25, 0.3) is 0 Å². The van der Waals surface area contributed by atoms with Gasteiger partial charge in [0.2, 0.25) is 10.0 Å². The van der Waals surface area contributed by atoms with Gasteiger partial charge in [-0.1, -0.05) is 6.07 Å². The molecular formula is C12H17N5O2S. The lowest BCUT2D eigenvalue weighted by Gasteiger charge is -2.05. The van der Waals surface area contributed by atoms with Crippen LogP contribution in [0.15, 0.2) is 35.6 Å². The molecule has 0 aliphatic carbocycles. The quantitative estimate of drug-likeness (QED) is 0.803. The van der Waals surface area contributed by atoms with Crippen molar-refractivity contribution in [3.8, 4) is 0 Å². The Morgan fingerprint density at radius 1 is 1.45 bits per heavy atom. The number of anilines is 1. The van der Waals surface area contributed by atoms with E-state index in [1.807, 2.05) is 19.1 Å². The van der Waals surface area contributed by atoms with Gasteiger partial charge in [-0.05, 0) is 25.0 Å². The second-order valence-corrected chi connectivity index (χ2v) is 5.98. The second-order valence-electron chi connectivity index (χ2n) is 4.24. The number of aromatic nitrogens is 3. The molecule has 8 heteroatoms. The molecule has 2 aromatic heterocycles. The number of nitrogen functional groups attached to an aromatic ring is 1. The molecule has 0 aliphatic heterocycles. The van der Waals surface area contributed by atoms with Crippen LogP contribution in [0.25, 0.3) is 0 Å². The van der Waals surface area contributed by atoms with Crippen LogP contribution in [0, 0.1) is 0 Å². The van der Waals surface area contributed by atoms with Crippen molar-refractivity contribution in [2.45, 2.75) is 24.8 Å². The number of nitrogens with one attached hydrogen (secondary N) is 1. The molecule has 0 bridgehead atoms. The number of rotatable bonds is 6. The number of aryl methyl sites for hydroxylation is 1. The molecule has 0 unspecified atom stereocenters. The Balaban J connectivity index is 2.02. The molecule has 0 saturated carbocycles. The van der Waals surface area contributed by atoms with E-state index in [4.69, 9.17) is 5.73 Å². The molecule has 0 aliphatic rings. The SMILES string of the molecule is CCn1cc(S(=O)(=O)NCCc2cccnc2)c(N)n1. The number of hydrogen-bond acceptors (Lipinski definition) is 5. The third-order valence-corrected chi connectivity index (χ3v) is 4.27. The first-order valence-electron chi connectivity index (χ1n) is 6.24. The summed E-state index contributed by atoms with van der Waals surface area (Å²) in [5.74, 6) is 0.0146. The summed E-state index contributed by atoms with van der Waals surface area (Å²) in [6, 6.07) is 3.71. The van der Waals surface area contributed by atoms with E-state index < -0.39 is 10.0 Å². The summed E-state index contributed by atoms with van der Waals surface area (Å²) in [6.45, 7) is 2.71. The molecule has 0 amide bonds. The van der Waals surface area contributed by atoms with Crippen molar-refractivity contribution < 1.29 is 8.42 Å². The molecule has 2 rings (SSSR count). The lowest BCUT2D eigenvalue weighted by molar-refractivity contribution is 0.581. The van der Waals surface area contributed by atoms with Gasteiger partial charge in [0, 0.05) is 31.7 Å². The Labute approximate surface area is 117 Å². The highest BCUT2D eigenvalue weighted by atomic mass is 32.2. The van der Waals surface area contributed by atoms with E-state index in [0.717, 1.165) is 5.56 Å². The van der Waals surface area contributed by atoms with Gasteiger partial charge in [0.15, 0.2) is 5.82 Å². The number of sulfonamides is 1. The Morgan fingerprint density at radius 3 is 2.85 bits per heavy atom. The molecule has 20 heavy (non-hydrogen) atoms. The molecule has 0 atom stereocenters. The molecule has 2 heterocycles. The number of pyridine rings is 1. The van der Waals surface area contributed by atoms with E-state index in [0.29, 0.717) is 13.0 Å². The molecule has 0 saturated heterocycles. The summed E-state index contributed by atoms with van der Waals surface area (Å²) in [4.78, 5) is 3.99. The lowest BCUT2D eigenvalue weighted by atomic mass is 10.2. The summed E-state index contributed by atoms with van der Waals surface area (Å²) in [5.41, 5.74) is 6.59. The average Bonchev–Trinajstić information content (AvgIpc) is 2.82. The molecule has 0 radical (unpaired) electrons. The molecule has 7 nitrogen and oxygen atoms in total. The predicted octanol–water partition coefficient (Wildman–Crippen LogP) is 0.401. The maximum Gasteiger partial charge on any atom is 0.245 e. The third-order valence-electron chi connectivity index (χ3n) is 2.80. The standard InChI is InChI=1S/C12H17N5O2S/c1-2-17-9-11(12(13)16-17)20(18,19)15-7-5-10-4-3-6-14-8-10/h3-4,6,8-9,15H,2,5,7H2,1H3,(H2,13,16). The first kappa shape index (κ1) is 14.5. The van der Waals surface area contributed by atoms with Gasteiger partial charge in [0.1, 0.15) is 4.90 Å². The highest BCUT2D eigenvalue weighted by Crippen LogP contribution is 2.15. The van der Waals surface area contributed by atoms with Crippen LogP contribution < -0.4 is 10.5 Å². The summed E-state index contributed by atoms with van der Waals surface area (Å²) in [5, 5.41) is 3.93. The number of nitrogens with zero attached hydrogens (tertiary/aromatic N) is 3. The van der Waals surface area contributed by atoms with E-state index in [2.05, 4.69) is 14.8 Å². The molecule has 0 aromatic carbocycles. The van der Waals surface area contributed by atoms with Crippen LogP contribution >= 0.6 is 0 Å². The van der Waals surface area contributed by atoms with E-state index in [1.165, 1.54) is 10.9 Å². The zero-order valence-corrected chi connectivity index (χ0v) is 12.0. The monoisotopic (exact) mass is 295 g/mol. The maximum absolute atomic E-state index is 12.1. The van der Waals surface area contributed by atoms with Gasteiger partial charge in [-0.25, -0.2) is 13.1 Å². The Kier molecular flexibility index (Phi) is 4.35. The first-order chi connectivity index (χ1) is 9.53. The lowest BCUT2D eigenvalue weighted by Crippen LogP contribution is -2.26. The van der Waals surface area contributed by atoms with Gasteiger partial charge in [-0.15, -0.1) is 0 Å². The van der Waals surface area contributed by atoms with Crippen LogP contribution in [0.3, 0.4) is 0 Å². The van der Waals surface area contributed by atoms with Crippen molar-refractivity contribution in [3.05, 3.63) is 36.3 Å². The smallest absolute Gasteiger partial charge is 0.245 e. The third kappa shape index (κ3) is 3.34. The predicted molar refractivity (Wildman–Crippen MR) is 75.4 cm³/mol. The summed E-state index contributed by atoms with van der Waals surface area (Å²) < 4.78 is 28.2. The molecule has 2 aromatic rings. The van der Waals surface area contributed by atoms with Crippen molar-refractivity contribution in [3.63, 3.8) is 0 Å². The van der Waals surface area contributed by atoms with Crippen molar-refractivity contribution in [2.75, 3.05) is 12.3 Å². The summed E-state index contributed by atoms with van der Waals surface area (Å²) in [6.07, 6.45) is 5.38. The van der Waals surface area contributed by atoms with Crippen LogP contribution in [-0.2, 0) is 23.0 Å². The second kappa shape index (κ2) is 6.02. The van der Waals surface area contributed by atoms with Crippen LogP contribution in [0.1, 0.15) is 12.5 Å². The van der Waals surface area contributed by atoms with Gasteiger partial charge in [-0.2, -0.15) is 5.10 Å². The highest BCUT2D eigenvalue weighted by Gasteiger charge is 2.20. The van der Waals surface area contributed by atoms with Crippen LogP contribution in [0.2, 0.25) is 0 Å². The Hall–Kier alpha value is -1.93. The van der Waals surface area contributed by atoms with E-state index in [9.17, 15) is 8.42 Å². The van der Waals surface area contributed by atoms with E-state index in [-0.39, 0.29) is 17.3 Å². The van der Waals surface area contributed by atoms with Crippen molar-refractivity contribution in [2.24, 2.45) is 0 Å². The maximum atomic E-state index is 12.1. The van der Waals surface area contributed by atoms with Gasteiger partial charge in [-0.3, -0.25) is 9.67 Å². The Morgan fingerprint density at radius 2 is 2.25 bits per heavy atom. The molecular weight excluding hydrogens is 278 g/mol. The van der Waals surface area contributed by atoms with Crippen molar-refractivity contribution in [1.29, 1.82) is 0 Å². The molecule has 108 valence electrons. The van der Waals surface area contributed by atoms with Crippen LogP contribution in [0.5, 0.6) is 0 Å². The highest BCUT2D eigenvalue weighted by molar-refractivity contribution is 7.89. The van der Waals surface area contributed by atoms with Crippen LogP contribution in [-0.4, -0.2) is 29.7 Å². The first-order valence-corrected chi connectivity index (χ1v) is 7.72. The topological polar surface area (TPSA) is 103 Å². The fraction of sp³-hybridized carbons (Fsp3) is 0.333. The fourth-order valence-electron chi connectivity index (χ4n) is 1.74. The molecule has 0 spiro atoms. The fourth-order valence-corrected chi connectivity index (χ4v) is 2.84. The minimum atomic E-state index is -3.63. The van der Waals surface area contributed by atoms with Gasteiger partial charge < -0.3 is 5.73 Å². The van der Waals surface area contributed by atoms with Gasteiger partial charge >= 0.3 is 0 Å². The zero-order valence-electron chi connectivity index (χ0n) is 11.2. The minimum absolute atomic E-state index is 0.0146. The molecule has 3 N–H and O–H groups in total. The summed E-state index contributed by atoms with van der Waals surface area (Å²) >= 11 is 0. The van der Waals surface area contributed by atoms with Gasteiger partial charge in [0.05, 0.1) is 0 Å². The normalized spacial score (nSPS) is 11.7.